The molecule has 1 atom stereocenters. The van der Waals surface area contributed by atoms with Gasteiger partial charge in [-0.05, 0) is 36.6 Å². The van der Waals surface area contributed by atoms with Crippen LogP contribution in [-0.4, -0.2) is 27.3 Å². The molecule has 0 fully saturated rings. The molecule has 2 heterocycles. The number of fused-ring (bicyclic) bond motifs is 1. The number of H-pyrrole nitrogens is 2. The van der Waals surface area contributed by atoms with E-state index < -0.39 is 17.2 Å². The lowest BCUT2D eigenvalue weighted by Crippen LogP contribution is -2.41. The number of halogens is 1. The number of hydrogen-bond acceptors (Lipinski definition) is 4. The van der Waals surface area contributed by atoms with Gasteiger partial charge in [-0.3, -0.25) is 14.6 Å². The molecule has 0 bridgehead atoms. The van der Waals surface area contributed by atoms with E-state index in [0.717, 1.165) is 11.1 Å². The highest BCUT2D eigenvalue weighted by molar-refractivity contribution is 5.97. The van der Waals surface area contributed by atoms with Gasteiger partial charge in [0.2, 0.25) is 0 Å². The number of aromatic nitrogens is 2. The van der Waals surface area contributed by atoms with Crippen molar-refractivity contribution in [2.75, 3.05) is 12.3 Å². The molecule has 4 N–H and O–H groups in total. The van der Waals surface area contributed by atoms with Gasteiger partial charge in [0, 0.05) is 6.54 Å². The van der Waals surface area contributed by atoms with Crippen molar-refractivity contribution in [2.24, 2.45) is 0 Å². The predicted octanol–water partition coefficient (Wildman–Crippen LogP) is 0.544. The Bertz CT molecular complexity index is 902. The van der Waals surface area contributed by atoms with Gasteiger partial charge in [-0.2, -0.15) is 0 Å². The number of amides is 1. The predicted molar refractivity (Wildman–Crippen MR) is 81.7 cm³/mol. The lowest BCUT2D eigenvalue weighted by Gasteiger charge is -2.35. The third-order valence-corrected chi connectivity index (χ3v) is 4.10. The Morgan fingerprint density at radius 1 is 1.35 bits per heavy atom. The van der Waals surface area contributed by atoms with Crippen molar-refractivity contribution in [3.8, 4) is 0 Å². The van der Waals surface area contributed by atoms with E-state index in [-0.39, 0.29) is 23.2 Å². The summed E-state index contributed by atoms with van der Waals surface area (Å²) in [4.78, 5) is 41.3. The van der Waals surface area contributed by atoms with E-state index in [2.05, 4.69) is 4.98 Å². The maximum absolute atomic E-state index is 13.3. The van der Waals surface area contributed by atoms with Crippen LogP contribution in [0.1, 0.15) is 34.6 Å². The molecule has 0 saturated heterocycles. The highest BCUT2D eigenvalue weighted by atomic mass is 19.1. The zero-order valence-electron chi connectivity index (χ0n) is 12.4. The Hall–Kier alpha value is -2.90. The normalized spacial score (nSPS) is 17.0. The molecule has 0 spiro atoms. The van der Waals surface area contributed by atoms with Crippen molar-refractivity contribution in [2.45, 2.75) is 19.4 Å². The molecular weight excluding hydrogens is 303 g/mol. The summed E-state index contributed by atoms with van der Waals surface area (Å²) in [6.07, 6.45) is 0.483. The maximum Gasteiger partial charge on any atom is 0.326 e. The molecule has 120 valence electrons. The number of nitrogen functional groups attached to an aromatic ring is 1. The van der Waals surface area contributed by atoms with Crippen molar-refractivity contribution in [1.29, 1.82) is 0 Å². The molecule has 0 aliphatic carbocycles. The van der Waals surface area contributed by atoms with E-state index in [9.17, 15) is 18.8 Å². The summed E-state index contributed by atoms with van der Waals surface area (Å²) in [7, 11) is 0. The van der Waals surface area contributed by atoms with Crippen molar-refractivity contribution in [1.82, 2.24) is 14.9 Å². The molecule has 1 aliphatic heterocycles. The monoisotopic (exact) mass is 318 g/mol. The van der Waals surface area contributed by atoms with Crippen LogP contribution < -0.4 is 17.0 Å². The van der Waals surface area contributed by atoms with Crippen LogP contribution in [0.3, 0.4) is 0 Å². The SMILES string of the molecule is C[C@@H]1c2ccc(F)cc2CCN1C(=O)c1[nH]c(=O)[nH]c(=O)c1N. The molecule has 1 aliphatic rings. The largest absolute Gasteiger partial charge is 0.392 e. The fourth-order valence-electron chi connectivity index (χ4n) is 2.89. The lowest BCUT2D eigenvalue weighted by atomic mass is 9.93. The summed E-state index contributed by atoms with van der Waals surface area (Å²) in [6, 6.07) is 4.11. The molecule has 0 saturated carbocycles. The molecule has 0 unspecified atom stereocenters. The minimum atomic E-state index is -0.802. The van der Waals surface area contributed by atoms with E-state index in [4.69, 9.17) is 5.73 Å². The fourth-order valence-corrected chi connectivity index (χ4v) is 2.89. The quantitative estimate of drug-likeness (QED) is 0.712. The van der Waals surface area contributed by atoms with Gasteiger partial charge in [-0.25, -0.2) is 9.18 Å². The van der Waals surface area contributed by atoms with Crippen LogP contribution in [0, 0.1) is 5.82 Å². The first-order valence-electron chi connectivity index (χ1n) is 7.10. The second-order valence-corrected chi connectivity index (χ2v) is 5.46. The number of carbonyl (C=O) groups is 1. The van der Waals surface area contributed by atoms with Gasteiger partial charge in [-0.15, -0.1) is 0 Å². The molecule has 0 radical (unpaired) electrons. The first-order chi connectivity index (χ1) is 10.9. The van der Waals surface area contributed by atoms with Crippen LogP contribution in [-0.2, 0) is 6.42 Å². The minimum Gasteiger partial charge on any atom is -0.392 e. The number of nitrogens with two attached hydrogens (primary N) is 1. The number of benzene rings is 1. The van der Waals surface area contributed by atoms with Crippen LogP contribution >= 0.6 is 0 Å². The second-order valence-electron chi connectivity index (χ2n) is 5.46. The Morgan fingerprint density at radius 2 is 2.09 bits per heavy atom. The third kappa shape index (κ3) is 2.52. The molecule has 8 heteroatoms. The van der Waals surface area contributed by atoms with Gasteiger partial charge in [-0.1, -0.05) is 6.07 Å². The van der Waals surface area contributed by atoms with E-state index in [0.29, 0.717) is 13.0 Å². The molecule has 1 aromatic carbocycles. The highest BCUT2D eigenvalue weighted by Crippen LogP contribution is 2.30. The maximum atomic E-state index is 13.3. The zero-order valence-corrected chi connectivity index (χ0v) is 12.4. The summed E-state index contributed by atoms with van der Waals surface area (Å²) in [5, 5.41) is 0. The van der Waals surface area contributed by atoms with Gasteiger partial charge in [0.25, 0.3) is 11.5 Å². The minimum absolute atomic E-state index is 0.226. The van der Waals surface area contributed by atoms with Crippen LogP contribution in [0.2, 0.25) is 0 Å². The Kier molecular flexibility index (Phi) is 3.51. The number of rotatable bonds is 1. The van der Waals surface area contributed by atoms with Crippen molar-refractivity contribution < 1.29 is 9.18 Å². The molecule has 3 rings (SSSR count). The average molecular weight is 318 g/mol. The van der Waals surface area contributed by atoms with Crippen LogP contribution in [0.4, 0.5) is 10.1 Å². The lowest BCUT2D eigenvalue weighted by molar-refractivity contribution is 0.0672. The van der Waals surface area contributed by atoms with Gasteiger partial charge in [0.05, 0.1) is 6.04 Å². The van der Waals surface area contributed by atoms with Gasteiger partial charge >= 0.3 is 5.69 Å². The highest BCUT2D eigenvalue weighted by Gasteiger charge is 2.30. The van der Waals surface area contributed by atoms with Gasteiger partial charge < -0.3 is 15.6 Å². The molecule has 1 aromatic heterocycles. The van der Waals surface area contributed by atoms with Crippen molar-refractivity contribution in [3.05, 3.63) is 61.7 Å². The standard InChI is InChI=1S/C15H15FN4O3/c1-7-10-3-2-9(16)6-8(10)4-5-20(7)14(22)12-11(17)13(21)19-15(23)18-12/h2-3,6-7H,4-5,17H2,1H3,(H2,18,19,21,23)/t7-/m1/s1. The van der Waals surface area contributed by atoms with Crippen molar-refractivity contribution in [3.63, 3.8) is 0 Å². The Labute approximate surface area is 129 Å². The number of carbonyl (C=O) groups excluding carboxylic acids is 1. The molecule has 7 nitrogen and oxygen atoms in total. The number of hydrogen-bond donors (Lipinski definition) is 3. The zero-order chi connectivity index (χ0) is 16.7. The van der Waals surface area contributed by atoms with Crippen molar-refractivity contribution >= 4 is 11.6 Å². The number of nitrogens with one attached hydrogen (secondary N) is 2. The molecule has 1 amide bonds. The van der Waals surface area contributed by atoms with Gasteiger partial charge in [0.1, 0.15) is 17.2 Å². The molecule has 23 heavy (non-hydrogen) atoms. The van der Waals surface area contributed by atoms with E-state index in [1.807, 2.05) is 4.98 Å². The molecular formula is C15H15FN4O3. The van der Waals surface area contributed by atoms with Crippen LogP contribution in [0.15, 0.2) is 27.8 Å². The van der Waals surface area contributed by atoms with Crippen LogP contribution in [0.25, 0.3) is 0 Å². The summed E-state index contributed by atoms with van der Waals surface area (Å²) in [5.74, 6) is -0.855. The first-order valence-corrected chi connectivity index (χ1v) is 7.10. The number of aromatic amines is 2. The Balaban J connectivity index is 2.00. The van der Waals surface area contributed by atoms with E-state index in [1.54, 1.807) is 13.0 Å². The third-order valence-electron chi connectivity index (χ3n) is 4.10. The van der Waals surface area contributed by atoms with E-state index in [1.165, 1.54) is 17.0 Å². The Morgan fingerprint density at radius 3 is 2.83 bits per heavy atom. The summed E-state index contributed by atoms with van der Waals surface area (Å²) >= 11 is 0. The van der Waals surface area contributed by atoms with Gasteiger partial charge in [0.15, 0.2) is 0 Å². The summed E-state index contributed by atoms with van der Waals surface area (Å²) < 4.78 is 13.3. The average Bonchev–Trinajstić information content (AvgIpc) is 2.50. The van der Waals surface area contributed by atoms with E-state index >= 15 is 0 Å². The number of nitrogens with zero attached hydrogens (tertiary/aromatic N) is 1. The second kappa shape index (κ2) is 5.38. The molecule has 2 aromatic rings. The topological polar surface area (TPSA) is 112 Å². The fraction of sp³-hybridized carbons (Fsp3) is 0.267. The first kappa shape index (κ1) is 15.0. The number of anilines is 1. The summed E-state index contributed by atoms with van der Waals surface area (Å²) in [6.45, 7) is 2.14. The summed E-state index contributed by atoms with van der Waals surface area (Å²) in [5.41, 5.74) is 5.13. The van der Waals surface area contributed by atoms with Crippen LogP contribution in [0.5, 0.6) is 0 Å². The smallest absolute Gasteiger partial charge is 0.326 e.